The molecular formula is C11H23N3O. The van der Waals surface area contributed by atoms with Gasteiger partial charge in [-0.25, -0.2) is 0 Å². The highest BCUT2D eigenvalue weighted by molar-refractivity contribution is 5.78. The zero-order valence-electron chi connectivity index (χ0n) is 10.0. The molecule has 1 aliphatic carbocycles. The summed E-state index contributed by atoms with van der Waals surface area (Å²) in [4.78, 5) is 4.34. The zero-order chi connectivity index (χ0) is 11.3. The lowest BCUT2D eigenvalue weighted by atomic mass is 9.80. The quantitative estimate of drug-likeness (QED) is 0.534. The highest BCUT2D eigenvalue weighted by atomic mass is 16.5. The molecule has 1 unspecified atom stereocenters. The molecule has 88 valence electrons. The Bertz CT molecular complexity index is 218. The third kappa shape index (κ3) is 3.38. The van der Waals surface area contributed by atoms with E-state index >= 15 is 0 Å². The van der Waals surface area contributed by atoms with Gasteiger partial charge in [-0.05, 0) is 32.6 Å². The fourth-order valence-electron chi connectivity index (χ4n) is 1.63. The lowest BCUT2D eigenvalue weighted by molar-refractivity contribution is -0.0630. The van der Waals surface area contributed by atoms with E-state index in [4.69, 9.17) is 10.5 Å². The second-order valence-corrected chi connectivity index (χ2v) is 4.40. The van der Waals surface area contributed by atoms with E-state index in [2.05, 4.69) is 24.2 Å². The summed E-state index contributed by atoms with van der Waals surface area (Å²) in [6, 6.07) is 0.383. The monoisotopic (exact) mass is 213 g/mol. The van der Waals surface area contributed by atoms with Crippen molar-refractivity contribution in [2.75, 3.05) is 13.7 Å². The van der Waals surface area contributed by atoms with Crippen LogP contribution in [-0.2, 0) is 4.74 Å². The van der Waals surface area contributed by atoms with E-state index in [1.165, 1.54) is 6.42 Å². The van der Waals surface area contributed by atoms with Crippen LogP contribution in [0.1, 0.15) is 39.5 Å². The Morgan fingerprint density at radius 2 is 2.27 bits per heavy atom. The van der Waals surface area contributed by atoms with Crippen molar-refractivity contribution in [1.82, 2.24) is 5.32 Å². The number of guanidine groups is 1. The highest BCUT2D eigenvalue weighted by Crippen LogP contribution is 2.35. The molecule has 1 atom stereocenters. The molecule has 0 spiro atoms. The number of rotatable bonds is 5. The zero-order valence-corrected chi connectivity index (χ0v) is 10.0. The van der Waals surface area contributed by atoms with Gasteiger partial charge >= 0.3 is 0 Å². The van der Waals surface area contributed by atoms with Crippen LogP contribution in [0.4, 0.5) is 0 Å². The van der Waals surface area contributed by atoms with E-state index in [1.807, 2.05) is 0 Å². The molecule has 15 heavy (non-hydrogen) atoms. The molecule has 1 fully saturated rings. The summed E-state index contributed by atoms with van der Waals surface area (Å²) in [6.45, 7) is 4.89. The summed E-state index contributed by atoms with van der Waals surface area (Å²) in [7, 11) is 1.76. The number of aliphatic imine (C=N–C) groups is 1. The van der Waals surface area contributed by atoms with E-state index in [-0.39, 0.29) is 5.60 Å². The Morgan fingerprint density at radius 1 is 1.60 bits per heavy atom. The molecule has 0 aromatic carbocycles. The minimum Gasteiger partial charge on any atom is -0.376 e. The molecule has 0 amide bonds. The highest BCUT2D eigenvalue weighted by Gasteiger charge is 2.36. The molecule has 0 saturated heterocycles. The van der Waals surface area contributed by atoms with Crippen molar-refractivity contribution in [1.29, 1.82) is 0 Å². The minimum absolute atomic E-state index is 0.0260. The number of methoxy groups -OCH3 is 1. The molecule has 3 N–H and O–H groups in total. The van der Waals surface area contributed by atoms with E-state index in [0.717, 1.165) is 19.3 Å². The number of nitrogens with zero attached hydrogens (tertiary/aromatic N) is 1. The molecule has 4 heteroatoms. The SMILES string of the molecule is CCC(C)NC(N)=NCC1(OC)CCC1. The third-order valence-corrected chi connectivity index (χ3v) is 3.24. The molecule has 1 rings (SSSR count). The molecule has 0 aliphatic heterocycles. The predicted octanol–water partition coefficient (Wildman–Crippen LogP) is 1.26. The maximum atomic E-state index is 5.77. The van der Waals surface area contributed by atoms with Crippen LogP contribution in [0.2, 0.25) is 0 Å². The largest absolute Gasteiger partial charge is 0.376 e. The van der Waals surface area contributed by atoms with E-state index < -0.39 is 0 Å². The van der Waals surface area contributed by atoms with Gasteiger partial charge in [0.25, 0.3) is 0 Å². The van der Waals surface area contributed by atoms with Crippen LogP contribution in [0.25, 0.3) is 0 Å². The number of hydrogen-bond donors (Lipinski definition) is 2. The first kappa shape index (κ1) is 12.3. The Balaban J connectivity index is 2.35. The average molecular weight is 213 g/mol. The van der Waals surface area contributed by atoms with Gasteiger partial charge in [0.2, 0.25) is 0 Å². The predicted molar refractivity (Wildman–Crippen MR) is 63.0 cm³/mol. The van der Waals surface area contributed by atoms with Crippen molar-refractivity contribution < 1.29 is 4.74 Å². The van der Waals surface area contributed by atoms with Crippen LogP contribution in [-0.4, -0.2) is 31.3 Å². The van der Waals surface area contributed by atoms with Gasteiger partial charge in [0.15, 0.2) is 5.96 Å². The molecule has 4 nitrogen and oxygen atoms in total. The summed E-state index contributed by atoms with van der Waals surface area (Å²) in [5.41, 5.74) is 5.75. The van der Waals surface area contributed by atoms with Crippen molar-refractivity contribution in [2.24, 2.45) is 10.7 Å². The second kappa shape index (κ2) is 5.35. The van der Waals surface area contributed by atoms with E-state index in [9.17, 15) is 0 Å². The van der Waals surface area contributed by atoms with Gasteiger partial charge in [0.1, 0.15) is 0 Å². The maximum absolute atomic E-state index is 5.77. The summed E-state index contributed by atoms with van der Waals surface area (Å²) < 4.78 is 5.47. The first-order chi connectivity index (χ1) is 7.12. The molecule has 0 radical (unpaired) electrons. The Labute approximate surface area is 92.3 Å². The molecule has 0 aromatic rings. The number of ether oxygens (including phenoxy) is 1. The van der Waals surface area contributed by atoms with E-state index in [0.29, 0.717) is 18.5 Å². The maximum Gasteiger partial charge on any atom is 0.188 e. The molecule has 0 aromatic heterocycles. The van der Waals surface area contributed by atoms with Gasteiger partial charge in [0, 0.05) is 13.2 Å². The van der Waals surface area contributed by atoms with Crippen LogP contribution in [0.3, 0.4) is 0 Å². The molecule has 1 aliphatic rings. The molecule has 0 bridgehead atoms. The molecule has 0 heterocycles. The van der Waals surface area contributed by atoms with E-state index in [1.54, 1.807) is 7.11 Å². The smallest absolute Gasteiger partial charge is 0.188 e. The minimum atomic E-state index is -0.0260. The Morgan fingerprint density at radius 3 is 2.67 bits per heavy atom. The molecule has 1 saturated carbocycles. The van der Waals surface area contributed by atoms with Gasteiger partial charge in [0.05, 0.1) is 12.1 Å². The van der Waals surface area contributed by atoms with Crippen molar-refractivity contribution in [3.05, 3.63) is 0 Å². The van der Waals surface area contributed by atoms with Gasteiger partial charge < -0.3 is 15.8 Å². The topological polar surface area (TPSA) is 59.6 Å². The fourth-order valence-corrected chi connectivity index (χ4v) is 1.63. The van der Waals surface area contributed by atoms with Crippen LogP contribution in [0, 0.1) is 0 Å². The van der Waals surface area contributed by atoms with Gasteiger partial charge in [-0.3, -0.25) is 4.99 Å². The van der Waals surface area contributed by atoms with Crippen molar-refractivity contribution >= 4 is 5.96 Å². The first-order valence-electron chi connectivity index (χ1n) is 5.73. The summed E-state index contributed by atoms with van der Waals surface area (Å²) in [6.07, 6.45) is 4.49. The molecular weight excluding hydrogens is 190 g/mol. The summed E-state index contributed by atoms with van der Waals surface area (Å²) in [5.74, 6) is 0.535. The van der Waals surface area contributed by atoms with Crippen molar-refractivity contribution in [3.63, 3.8) is 0 Å². The number of hydrogen-bond acceptors (Lipinski definition) is 2. The van der Waals surface area contributed by atoms with Crippen LogP contribution < -0.4 is 11.1 Å². The normalized spacial score (nSPS) is 21.9. The fraction of sp³-hybridized carbons (Fsp3) is 0.909. The van der Waals surface area contributed by atoms with Crippen LogP contribution >= 0.6 is 0 Å². The van der Waals surface area contributed by atoms with Crippen LogP contribution in [0.15, 0.2) is 4.99 Å². The lowest BCUT2D eigenvalue weighted by Gasteiger charge is -2.39. The van der Waals surface area contributed by atoms with Crippen molar-refractivity contribution in [2.45, 2.75) is 51.2 Å². The lowest BCUT2D eigenvalue weighted by Crippen LogP contribution is -2.44. The van der Waals surface area contributed by atoms with Gasteiger partial charge in [-0.1, -0.05) is 6.92 Å². The number of nitrogens with two attached hydrogens (primary N) is 1. The van der Waals surface area contributed by atoms with Crippen LogP contribution in [0.5, 0.6) is 0 Å². The van der Waals surface area contributed by atoms with Gasteiger partial charge in [-0.15, -0.1) is 0 Å². The summed E-state index contributed by atoms with van der Waals surface area (Å²) >= 11 is 0. The first-order valence-corrected chi connectivity index (χ1v) is 5.73. The van der Waals surface area contributed by atoms with Crippen molar-refractivity contribution in [3.8, 4) is 0 Å². The second-order valence-electron chi connectivity index (χ2n) is 4.40. The average Bonchev–Trinajstić information content (AvgIpc) is 2.16. The Kier molecular flexibility index (Phi) is 4.39. The summed E-state index contributed by atoms with van der Waals surface area (Å²) in [5, 5.41) is 3.15. The number of nitrogens with one attached hydrogen (secondary N) is 1. The Hall–Kier alpha value is -0.770. The third-order valence-electron chi connectivity index (χ3n) is 3.24. The van der Waals surface area contributed by atoms with Gasteiger partial charge in [-0.2, -0.15) is 0 Å². The standard InChI is InChI=1S/C11H23N3O/c1-4-9(2)14-10(12)13-8-11(15-3)6-5-7-11/h9H,4-8H2,1-3H3,(H3,12,13,14).